The highest BCUT2D eigenvalue weighted by atomic mass is 16.5. The number of esters is 1. The number of nitrogens with one attached hydrogen (secondary N) is 1. The summed E-state index contributed by atoms with van der Waals surface area (Å²) in [6.07, 6.45) is 49.4. The van der Waals surface area contributed by atoms with Gasteiger partial charge in [-0.2, -0.15) is 0 Å². The molecule has 1 amide bonds. The van der Waals surface area contributed by atoms with Crippen molar-refractivity contribution in [3.8, 4) is 0 Å². The van der Waals surface area contributed by atoms with Gasteiger partial charge in [0, 0.05) is 12.8 Å². The molecule has 0 bridgehead atoms. The number of hydrogen-bond acceptors (Lipinski definition) is 5. The Kier molecular flexibility index (Phi) is 39.8. The molecule has 302 valence electrons. The van der Waals surface area contributed by atoms with Gasteiger partial charge in [-0.05, 0) is 70.6 Å². The van der Waals surface area contributed by atoms with Crippen LogP contribution in [0.15, 0.2) is 48.6 Å². The maximum Gasteiger partial charge on any atom is 0.305 e. The van der Waals surface area contributed by atoms with Gasteiger partial charge in [0.15, 0.2) is 0 Å². The van der Waals surface area contributed by atoms with E-state index in [1.54, 1.807) is 0 Å². The lowest BCUT2D eigenvalue weighted by molar-refractivity contribution is -0.143. The first-order valence-corrected chi connectivity index (χ1v) is 21.9. The lowest BCUT2D eigenvalue weighted by Gasteiger charge is -2.22. The molecule has 0 rings (SSSR count). The zero-order valence-corrected chi connectivity index (χ0v) is 34.0. The highest BCUT2D eigenvalue weighted by Crippen LogP contribution is 2.14. The number of amides is 1. The van der Waals surface area contributed by atoms with E-state index in [0.717, 1.165) is 64.2 Å². The molecule has 0 heterocycles. The third-order valence-electron chi connectivity index (χ3n) is 9.60. The molecule has 2 unspecified atom stereocenters. The zero-order valence-electron chi connectivity index (χ0n) is 34.0. The summed E-state index contributed by atoms with van der Waals surface area (Å²) in [4.78, 5) is 24.3. The Morgan fingerprint density at radius 1 is 0.538 bits per heavy atom. The van der Waals surface area contributed by atoms with Crippen molar-refractivity contribution in [3.05, 3.63) is 48.6 Å². The molecule has 0 saturated carbocycles. The largest absolute Gasteiger partial charge is 0.466 e. The first kappa shape index (κ1) is 49.8. The molecule has 6 nitrogen and oxygen atoms in total. The minimum Gasteiger partial charge on any atom is -0.466 e. The van der Waals surface area contributed by atoms with Gasteiger partial charge < -0.3 is 20.3 Å². The Morgan fingerprint density at radius 2 is 1.02 bits per heavy atom. The van der Waals surface area contributed by atoms with Gasteiger partial charge in [0.1, 0.15) is 0 Å². The summed E-state index contributed by atoms with van der Waals surface area (Å²) in [5.41, 5.74) is 0. The third-order valence-corrected chi connectivity index (χ3v) is 9.60. The first-order chi connectivity index (χ1) is 25.5. The van der Waals surface area contributed by atoms with E-state index < -0.39 is 12.1 Å². The van der Waals surface area contributed by atoms with Crippen LogP contribution < -0.4 is 5.32 Å². The van der Waals surface area contributed by atoms with Crippen LogP contribution in [0.4, 0.5) is 0 Å². The molecule has 0 saturated heterocycles. The molecule has 3 N–H and O–H groups in total. The molecule has 0 aromatic carbocycles. The van der Waals surface area contributed by atoms with Crippen molar-refractivity contribution in [2.45, 2.75) is 219 Å². The van der Waals surface area contributed by atoms with Crippen LogP contribution in [0.3, 0.4) is 0 Å². The molecule has 2 atom stereocenters. The summed E-state index contributed by atoms with van der Waals surface area (Å²) in [6.45, 7) is 4.77. The number of ether oxygens (including phenoxy) is 1. The molecule has 0 aromatic heterocycles. The van der Waals surface area contributed by atoms with Crippen molar-refractivity contribution >= 4 is 11.9 Å². The van der Waals surface area contributed by atoms with Gasteiger partial charge in [0.2, 0.25) is 5.91 Å². The molecule has 0 radical (unpaired) electrons. The van der Waals surface area contributed by atoms with E-state index in [9.17, 15) is 19.8 Å². The molecular formula is C46H83NO5. The monoisotopic (exact) mass is 730 g/mol. The smallest absolute Gasteiger partial charge is 0.305 e. The second-order valence-electron chi connectivity index (χ2n) is 14.7. The summed E-state index contributed by atoms with van der Waals surface area (Å²) in [5, 5.41) is 22.9. The van der Waals surface area contributed by atoms with Crippen molar-refractivity contribution in [2.24, 2.45) is 0 Å². The minimum atomic E-state index is -0.697. The van der Waals surface area contributed by atoms with Crippen LogP contribution in [0, 0.1) is 0 Å². The molecule has 0 aliphatic carbocycles. The van der Waals surface area contributed by atoms with E-state index in [0.29, 0.717) is 32.3 Å². The Balaban J connectivity index is 3.57. The lowest BCUT2D eigenvalue weighted by Crippen LogP contribution is -2.45. The van der Waals surface area contributed by atoms with Gasteiger partial charge in [0.25, 0.3) is 0 Å². The van der Waals surface area contributed by atoms with Gasteiger partial charge in [-0.1, -0.05) is 172 Å². The Labute approximate surface area is 321 Å². The number of carbonyl (C=O) groups excluding carboxylic acids is 2. The fraction of sp³-hybridized carbons (Fsp3) is 0.783. The van der Waals surface area contributed by atoms with Crippen molar-refractivity contribution in [1.29, 1.82) is 0 Å². The van der Waals surface area contributed by atoms with E-state index in [1.807, 2.05) is 6.08 Å². The van der Waals surface area contributed by atoms with Crippen LogP contribution in [0.2, 0.25) is 0 Å². The number of aliphatic hydroxyl groups is 2. The molecule has 52 heavy (non-hydrogen) atoms. The molecule has 0 spiro atoms. The van der Waals surface area contributed by atoms with E-state index in [1.165, 1.54) is 103 Å². The number of rotatable bonds is 39. The quantitative estimate of drug-likeness (QED) is 0.0332. The van der Waals surface area contributed by atoms with Crippen LogP contribution in [-0.4, -0.2) is 47.4 Å². The van der Waals surface area contributed by atoms with E-state index in [4.69, 9.17) is 4.74 Å². The number of unbranched alkanes of at least 4 members (excludes halogenated alkanes) is 20. The van der Waals surface area contributed by atoms with Gasteiger partial charge in [0.05, 0.1) is 25.4 Å². The van der Waals surface area contributed by atoms with E-state index in [-0.39, 0.29) is 18.5 Å². The predicted octanol–water partition coefficient (Wildman–Crippen LogP) is 12.3. The molecule has 0 aliphatic heterocycles. The van der Waals surface area contributed by atoms with Gasteiger partial charge in [-0.15, -0.1) is 0 Å². The number of allylic oxidation sites excluding steroid dienone is 8. The summed E-state index contributed by atoms with van der Waals surface area (Å²) in [6, 6.07) is -0.584. The molecular weight excluding hydrogens is 647 g/mol. The fourth-order valence-electron chi connectivity index (χ4n) is 6.19. The topological polar surface area (TPSA) is 95.9 Å². The van der Waals surface area contributed by atoms with Crippen LogP contribution in [0.1, 0.15) is 206 Å². The van der Waals surface area contributed by atoms with Crippen molar-refractivity contribution in [3.63, 3.8) is 0 Å². The standard InChI is InChI=1S/C46H83NO5/c1-3-5-7-9-11-13-14-16-20-24-28-32-36-40-46(51)52-41-37-33-29-25-21-18-15-17-19-23-27-31-35-39-45(50)47-43(42-48)44(49)38-34-30-26-22-12-10-8-6-4-2/h7,9,13-14,17,19,27,31,43-44,48-49H,3-6,8,10-12,15-16,18,20-26,28-30,32-42H2,1-2H3,(H,47,50)/b9-7-,14-13-,19-17-,31-27-. The summed E-state index contributed by atoms with van der Waals surface area (Å²) in [7, 11) is 0. The Hall–Kier alpha value is -2.18. The minimum absolute atomic E-state index is 0.0341. The fourth-order valence-corrected chi connectivity index (χ4v) is 6.19. The van der Waals surface area contributed by atoms with E-state index >= 15 is 0 Å². The maximum atomic E-state index is 12.3. The van der Waals surface area contributed by atoms with Crippen molar-refractivity contribution in [2.75, 3.05) is 13.2 Å². The molecule has 0 aromatic rings. The van der Waals surface area contributed by atoms with Crippen LogP contribution in [0.25, 0.3) is 0 Å². The van der Waals surface area contributed by atoms with Crippen molar-refractivity contribution < 1.29 is 24.5 Å². The van der Waals surface area contributed by atoms with Gasteiger partial charge >= 0.3 is 5.97 Å². The maximum absolute atomic E-state index is 12.3. The Morgan fingerprint density at radius 3 is 1.58 bits per heavy atom. The Bertz CT molecular complexity index is 895. The first-order valence-electron chi connectivity index (χ1n) is 21.9. The summed E-state index contributed by atoms with van der Waals surface area (Å²) in [5.74, 6) is -0.156. The number of carbonyl (C=O) groups is 2. The van der Waals surface area contributed by atoms with Crippen LogP contribution in [0.5, 0.6) is 0 Å². The average molecular weight is 730 g/mol. The van der Waals surface area contributed by atoms with Crippen molar-refractivity contribution in [1.82, 2.24) is 5.32 Å². The number of hydrogen-bond donors (Lipinski definition) is 3. The van der Waals surface area contributed by atoms with Crippen LogP contribution >= 0.6 is 0 Å². The predicted molar refractivity (Wildman–Crippen MR) is 222 cm³/mol. The van der Waals surface area contributed by atoms with E-state index in [2.05, 4.69) is 61.7 Å². The average Bonchev–Trinajstić information content (AvgIpc) is 3.14. The molecule has 0 fully saturated rings. The zero-order chi connectivity index (χ0) is 38.0. The summed E-state index contributed by atoms with van der Waals surface area (Å²) >= 11 is 0. The third kappa shape index (κ3) is 37.6. The van der Waals surface area contributed by atoms with Gasteiger partial charge in [-0.3, -0.25) is 9.59 Å². The molecule has 0 aliphatic rings. The SMILES string of the molecule is CCC/C=C\C/C=C\CCCCCCCC(=O)OCCCCCCCC/C=C\C/C=C\CCC(=O)NC(CO)C(O)CCCCCCCCCCC. The second-order valence-corrected chi connectivity index (χ2v) is 14.7. The lowest BCUT2D eigenvalue weighted by atomic mass is 10.0. The van der Waals surface area contributed by atoms with Gasteiger partial charge in [-0.25, -0.2) is 0 Å². The number of aliphatic hydroxyl groups excluding tert-OH is 2. The highest BCUT2D eigenvalue weighted by molar-refractivity contribution is 5.76. The normalized spacial score (nSPS) is 13.2. The second kappa shape index (κ2) is 41.6. The highest BCUT2D eigenvalue weighted by Gasteiger charge is 2.19. The van der Waals surface area contributed by atoms with Crippen LogP contribution in [-0.2, 0) is 14.3 Å². The summed E-state index contributed by atoms with van der Waals surface area (Å²) < 4.78 is 5.42. The molecule has 6 heteroatoms.